The van der Waals surface area contributed by atoms with E-state index in [1.807, 2.05) is 20.8 Å². The third kappa shape index (κ3) is 5.66. The molecule has 0 bridgehead atoms. The zero-order valence-electron chi connectivity index (χ0n) is 13.6. The van der Waals surface area contributed by atoms with Crippen LogP contribution in [0.5, 0.6) is 0 Å². The summed E-state index contributed by atoms with van der Waals surface area (Å²) in [4.78, 5) is 6.95. The zero-order valence-corrected chi connectivity index (χ0v) is 14.4. The summed E-state index contributed by atoms with van der Waals surface area (Å²) in [5, 5.41) is 13.5. The van der Waals surface area contributed by atoms with Gasteiger partial charge in [0.2, 0.25) is 0 Å². The van der Waals surface area contributed by atoms with Crippen LogP contribution in [0.15, 0.2) is 5.38 Å². The van der Waals surface area contributed by atoms with E-state index in [-0.39, 0.29) is 5.60 Å². The number of nitrogens with zero attached hydrogens (tertiary/aromatic N) is 2. The fraction of sp³-hybridized carbons (Fsp3) is 0.812. The summed E-state index contributed by atoms with van der Waals surface area (Å²) in [7, 11) is 0. The first-order valence-corrected chi connectivity index (χ1v) is 8.68. The topological polar surface area (TPSA) is 45.6 Å². The molecule has 21 heavy (non-hydrogen) atoms. The van der Waals surface area contributed by atoms with Gasteiger partial charge in [0.15, 0.2) is 0 Å². The Labute approximate surface area is 132 Å². The molecule has 120 valence electrons. The Bertz CT molecular complexity index is 434. The maximum absolute atomic E-state index is 10.1. The van der Waals surface area contributed by atoms with E-state index in [1.54, 1.807) is 11.3 Å². The molecule has 4 nitrogen and oxygen atoms in total. The summed E-state index contributed by atoms with van der Waals surface area (Å²) in [5.41, 5.74) is 0.948. The van der Waals surface area contributed by atoms with Crippen molar-refractivity contribution in [3.05, 3.63) is 16.1 Å². The lowest BCUT2D eigenvalue weighted by molar-refractivity contribution is -0.0573. The molecule has 1 atom stereocenters. The smallest absolute Gasteiger partial charge is 0.0960 e. The number of β-amino-alcohol motifs (C(OH)–C–C–N with tert-alkyl or cyclic N) is 1. The molecule has 2 heterocycles. The Balaban J connectivity index is 1.71. The molecule has 1 saturated heterocycles. The summed E-state index contributed by atoms with van der Waals surface area (Å²) in [6, 6.07) is 0. The number of aliphatic hydroxyl groups excluding tert-OH is 1. The van der Waals surface area contributed by atoms with E-state index in [4.69, 9.17) is 4.74 Å². The van der Waals surface area contributed by atoms with Crippen molar-refractivity contribution < 1.29 is 9.84 Å². The molecule has 0 radical (unpaired) electrons. The molecule has 1 aromatic heterocycles. The van der Waals surface area contributed by atoms with Crippen molar-refractivity contribution >= 4 is 11.3 Å². The van der Waals surface area contributed by atoms with Gasteiger partial charge < -0.3 is 14.7 Å². The number of thiazole rings is 1. The third-order valence-corrected chi connectivity index (χ3v) is 4.88. The van der Waals surface area contributed by atoms with Gasteiger partial charge in [0.25, 0.3) is 0 Å². The highest BCUT2D eigenvalue weighted by Crippen LogP contribution is 2.30. The van der Waals surface area contributed by atoms with Gasteiger partial charge in [0.05, 0.1) is 23.3 Å². The number of hydrogen-bond acceptors (Lipinski definition) is 5. The molecule has 1 fully saturated rings. The first-order valence-electron chi connectivity index (χ1n) is 7.80. The second kappa shape index (κ2) is 7.18. The number of piperidine rings is 1. The van der Waals surface area contributed by atoms with Gasteiger partial charge in [-0.05, 0) is 53.6 Å². The van der Waals surface area contributed by atoms with Gasteiger partial charge in [-0.2, -0.15) is 0 Å². The molecule has 2 rings (SSSR count). The maximum Gasteiger partial charge on any atom is 0.0960 e. The highest BCUT2D eigenvalue weighted by Gasteiger charge is 2.24. The lowest BCUT2D eigenvalue weighted by Gasteiger charge is -2.33. The Morgan fingerprint density at radius 2 is 2.10 bits per heavy atom. The molecular formula is C16H28N2O2S. The monoisotopic (exact) mass is 312 g/mol. The molecule has 0 aliphatic carbocycles. The van der Waals surface area contributed by atoms with Crippen LogP contribution in [0.25, 0.3) is 0 Å². The number of aromatic nitrogens is 1. The lowest BCUT2D eigenvalue weighted by atomic mass is 9.97. The Kier molecular flexibility index (Phi) is 5.77. The van der Waals surface area contributed by atoms with Crippen LogP contribution in [0, 0.1) is 6.92 Å². The highest BCUT2D eigenvalue weighted by molar-refractivity contribution is 7.09. The predicted octanol–water partition coefficient (Wildman–Crippen LogP) is 2.81. The molecule has 0 aromatic carbocycles. The van der Waals surface area contributed by atoms with Gasteiger partial charge in [-0.25, -0.2) is 4.98 Å². The van der Waals surface area contributed by atoms with Crippen molar-refractivity contribution in [1.29, 1.82) is 0 Å². The minimum atomic E-state index is -0.400. The molecule has 1 aromatic rings. The van der Waals surface area contributed by atoms with E-state index in [1.165, 1.54) is 5.01 Å². The van der Waals surface area contributed by atoms with E-state index in [0.717, 1.165) is 31.6 Å². The minimum Gasteiger partial charge on any atom is -0.389 e. The maximum atomic E-state index is 10.1. The quantitative estimate of drug-likeness (QED) is 0.908. The van der Waals surface area contributed by atoms with Crippen LogP contribution >= 0.6 is 11.3 Å². The van der Waals surface area contributed by atoms with Gasteiger partial charge >= 0.3 is 0 Å². The molecule has 0 saturated carbocycles. The van der Waals surface area contributed by atoms with Crippen molar-refractivity contribution in [2.45, 2.75) is 58.2 Å². The Morgan fingerprint density at radius 3 is 2.62 bits per heavy atom. The van der Waals surface area contributed by atoms with Gasteiger partial charge in [-0.3, -0.25) is 0 Å². The first kappa shape index (κ1) is 16.9. The van der Waals surface area contributed by atoms with Gasteiger partial charge in [0, 0.05) is 23.5 Å². The standard InChI is InChI=1S/C16H28N2O2S/c1-12-11-21-15(17-12)13-5-7-18(8-6-13)9-14(19)10-20-16(2,3)4/h11,13-14,19H,5-10H2,1-4H3. The van der Waals surface area contributed by atoms with E-state index in [0.29, 0.717) is 19.1 Å². The molecule has 1 unspecified atom stereocenters. The summed E-state index contributed by atoms with van der Waals surface area (Å²) >= 11 is 1.78. The summed E-state index contributed by atoms with van der Waals surface area (Å²) in [6.07, 6.45) is 1.88. The van der Waals surface area contributed by atoms with Crippen LogP contribution in [0.3, 0.4) is 0 Å². The van der Waals surface area contributed by atoms with Gasteiger partial charge in [-0.1, -0.05) is 0 Å². The second-order valence-electron chi connectivity index (χ2n) is 6.98. The molecule has 1 aliphatic rings. The van der Waals surface area contributed by atoms with Crippen molar-refractivity contribution in [3.63, 3.8) is 0 Å². The molecule has 5 heteroatoms. The van der Waals surface area contributed by atoms with E-state index in [9.17, 15) is 5.11 Å². The third-order valence-electron chi connectivity index (χ3n) is 3.75. The van der Waals surface area contributed by atoms with Crippen LogP contribution in [-0.2, 0) is 4.74 Å². The summed E-state index contributed by atoms with van der Waals surface area (Å²) < 4.78 is 5.64. The zero-order chi connectivity index (χ0) is 15.5. The van der Waals surface area contributed by atoms with Gasteiger partial charge in [-0.15, -0.1) is 11.3 Å². The fourth-order valence-corrected chi connectivity index (χ4v) is 3.59. The number of hydrogen-bond donors (Lipinski definition) is 1. The normalized spacial score (nSPS) is 19.9. The minimum absolute atomic E-state index is 0.184. The van der Waals surface area contributed by atoms with Crippen molar-refractivity contribution in [1.82, 2.24) is 9.88 Å². The number of aliphatic hydroxyl groups is 1. The molecule has 1 aliphatic heterocycles. The first-order chi connectivity index (χ1) is 9.83. The van der Waals surface area contributed by atoms with Crippen LogP contribution in [0.1, 0.15) is 50.2 Å². The number of aryl methyl sites for hydroxylation is 1. The van der Waals surface area contributed by atoms with Crippen molar-refractivity contribution in [3.8, 4) is 0 Å². The average Bonchev–Trinajstić information content (AvgIpc) is 2.83. The fourth-order valence-electron chi connectivity index (χ4n) is 2.62. The van der Waals surface area contributed by atoms with E-state index < -0.39 is 6.10 Å². The van der Waals surface area contributed by atoms with Crippen LogP contribution in [0.4, 0.5) is 0 Å². The van der Waals surface area contributed by atoms with Crippen LogP contribution in [0.2, 0.25) is 0 Å². The number of likely N-dealkylation sites (tertiary alicyclic amines) is 1. The summed E-state index contributed by atoms with van der Waals surface area (Å²) in [6.45, 7) is 11.3. The van der Waals surface area contributed by atoms with Crippen molar-refractivity contribution in [2.24, 2.45) is 0 Å². The Hall–Kier alpha value is -0.490. The highest BCUT2D eigenvalue weighted by atomic mass is 32.1. The molecule has 0 amide bonds. The largest absolute Gasteiger partial charge is 0.389 e. The van der Waals surface area contributed by atoms with E-state index >= 15 is 0 Å². The van der Waals surface area contributed by atoms with Crippen molar-refractivity contribution in [2.75, 3.05) is 26.2 Å². The molecule has 1 N–H and O–H groups in total. The molecular weight excluding hydrogens is 284 g/mol. The second-order valence-corrected chi connectivity index (χ2v) is 7.87. The van der Waals surface area contributed by atoms with Crippen LogP contribution in [-0.4, -0.2) is 52.9 Å². The van der Waals surface area contributed by atoms with Crippen LogP contribution < -0.4 is 0 Å². The number of ether oxygens (including phenoxy) is 1. The average molecular weight is 312 g/mol. The lowest BCUT2D eigenvalue weighted by Crippen LogP contribution is -2.40. The summed E-state index contributed by atoms with van der Waals surface area (Å²) in [5.74, 6) is 0.600. The Morgan fingerprint density at radius 1 is 1.43 bits per heavy atom. The molecule has 0 spiro atoms. The van der Waals surface area contributed by atoms with Gasteiger partial charge in [0.1, 0.15) is 0 Å². The SMILES string of the molecule is Cc1csc(C2CCN(CC(O)COC(C)(C)C)CC2)n1. The number of rotatable bonds is 5. The predicted molar refractivity (Wildman–Crippen MR) is 87.0 cm³/mol. The van der Waals surface area contributed by atoms with E-state index in [2.05, 4.69) is 22.2 Å².